The molecule has 2 saturated carbocycles. The zero-order valence-electron chi connectivity index (χ0n) is 16.7. The Bertz CT molecular complexity index is 1160. The van der Waals surface area contributed by atoms with E-state index in [2.05, 4.69) is 10.3 Å². The maximum atomic E-state index is 13.1. The van der Waals surface area contributed by atoms with Gasteiger partial charge in [0.15, 0.2) is 0 Å². The van der Waals surface area contributed by atoms with Gasteiger partial charge in [-0.15, -0.1) is 0 Å². The van der Waals surface area contributed by atoms with Crippen molar-refractivity contribution >= 4 is 22.5 Å². The molecule has 2 aliphatic rings. The van der Waals surface area contributed by atoms with Gasteiger partial charge < -0.3 is 15.0 Å². The number of anilines is 1. The average molecular weight is 450 g/mol. The summed E-state index contributed by atoms with van der Waals surface area (Å²) in [5.41, 5.74) is 1.32. The molecule has 3 aromatic rings. The molecule has 1 atom stereocenters. The quantitative estimate of drug-likeness (QED) is 0.461. The Hall–Kier alpha value is -3.10. The van der Waals surface area contributed by atoms with Gasteiger partial charge in [0.2, 0.25) is 5.91 Å². The number of hydrogen-bond donors (Lipinski definition) is 2. The van der Waals surface area contributed by atoms with Crippen molar-refractivity contribution < 1.29 is 31.5 Å². The number of benzene rings is 2. The molecule has 5 rings (SSSR count). The number of rotatable bonds is 5. The summed E-state index contributed by atoms with van der Waals surface area (Å²) in [5.74, 6) is -4.23. The molecule has 0 radical (unpaired) electrons. The lowest BCUT2D eigenvalue weighted by molar-refractivity contribution is -0.137. The van der Waals surface area contributed by atoms with Crippen LogP contribution in [0.25, 0.3) is 10.9 Å². The first kappa shape index (κ1) is 20.8. The predicted octanol–water partition coefficient (Wildman–Crippen LogP) is 6.11. The molecule has 168 valence electrons. The molecule has 32 heavy (non-hydrogen) atoms. The van der Waals surface area contributed by atoms with Crippen molar-refractivity contribution in [2.24, 2.45) is 5.92 Å². The minimum Gasteiger partial charge on any atom is -0.490 e. The average Bonchev–Trinajstić information content (AvgIpc) is 3.18. The second-order valence-electron chi connectivity index (χ2n) is 8.44. The van der Waals surface area contributed by atoms with Crippen molar-refractivity contribution in [3.05, 3.63) is 59.8 Å². The molecular formula is C23H19F5N2O2. The van der Waals surface area contributed by atoms with Crippen LogP contribution in [0, 0.1) is 5.92 Å². The van der Waals surface area contributed by atoms with Crippen LogP contribution in [0.2, 0.25) is 0 Å². The van der Waals surface area contributed by atoms with Crippen LogP contribution in [-0.2, 0) is 11.0 Å². The number of carbonyl (C=O) groups is 1. The highest BCUT2D eigenvalue weighted by molar-refractivity contribution is 6.03. The van der Waals surface area contributed by atoms with Crippen molar-refractivity contribution in [3.8, 4) is 5.75 Å². The second-order valence-corrected chi connectivity index (χ2v) is 8.44. The number of alkyl halides is 5. The highest BCUT2D eigenvalue weighted by Crippen LogP contribution is 2.49. The maximum Gasteiger partial charge on any atom is 0.416 e. The molecule has 9 heteroatoms. The van der Waals surface area contributed by atoms with Gasteiger partial charge in [0, 0.05) is 23.5 Å². The van der Waals surface area contributed by atoms with Gasteiger partial charge >= 0.3 is 6.18 Å². The smallest absolute Gasteiger partial charge is 0.416 e. The van der Waals surface area contributed by atoms with Crippen LogP contribution >= 0.6 is 0 Å². The fraction of sp³-hybridized carbons (Fsp3) is 0.348. The Kier molecular flexibility index (Phi) is 4.69. The summed E-state index contributed by atoms with van der Waals surface area (Å²) in [4.78, 5) is 15.0. The van der Waals surface area contributed by atoms with E-state index >= 15 is 0 Å². The van der Waals surface area contributed by atoms with Gasteiger partial charge in [0.05, 0.1) is 17.4 Å². The summed E-state index contributed by atoms with van der Waals surface area (Å²) in [6.45, 7) is 0. The largest absolute Gasteiger partial charge is 0.490 e. The van der Waals surface area contributed by atoms with E-state index in [1.807, 2.05) is 0 Å². The number of ether oxygens (including phenoxy) is 1. The predicted molar refractivity (Wildman–Crippen MR) is 108 cm³/mol. The van der Waals surface area contributed by atoms with E-state index in [-0.39, 0.29) is 12.0 Å². The van der Waals surface area contributed by atoms with E-state index in [0.29, 0.717) is 29.7 Å². The third-order valence-electron chi connectivity index (χ3n) is 6.16. The van der Waals surface area contributed by atoms with E-state index in [1.54, 1.807) is 24.4 Å². The molecule has 1 heterocycles. The maximum absolute atomic E-state index is 13.1. The second kappa shape index (κ2) is 7.21. The standard InChI is InChI=1S/C23H19F5N2O2/c24-22(25)10-18(22)21(31)30-20-11-29-19-6-5-15(9-17(19)20)32-16-7-13(8-16)12-1-3-14(4-2-12)23(26,27)28/h1-6,9,11,13,16,18,29H,7-8,10H2,(H,30,31)/t13-,16+,18?. The van der Waals surface area contributed by atoms with Crippen LogP contribution in [0.4, 0.5) is 27.6 Å². The molecular weight excluding hydrogens is 431 g/mol. The lowest BCUT2D eigenvalue weighted by Gasteiger charge is -2.35. The van der Waals surface area contributed by atoms with E-state index in [9.17, 15) is 26.7 Å². The van der Waals surface area contributed by atoms with Gasteiger partial charge in [0.25, 0.3) is 5.92 Å². The summed E-state index contributed by atoms with van der Waals surface area (Å²) in [5, 5.41) is 3.20. The van der Waals surface area contributed by atoms with Crippen LogP contribution < -0.4 is 10.1 Å². The normalized spacial score (nSPS) is 24.1. The Morgan fingerprint density at radius 1 is 1.09 bits per heavy atom. The molecule has 0 spiro atoms. The first-order valence-electron chi connectivity index (χ1n) is 10.2. The number of amides is 1. The van der Waals surface area contributed by atoms with Gasteiger partial charge in [-0.05, 0) is 54.7 Å². The zero-order valence-corrected chi connectivity index (χ0v) is 16.7. The highest BCUT2D eigenvalue weighted by Gasteiger charge is 2.61. The van der Waals surface area contributed by atoms with Crippen molar-refractivity contribution in [1.82, 2.24) is 4.98 Å². The Morgan fingerprint density at radius 2 is 1.78 bits per heavy atom. The molecule has 1 unspecified atom stereocenters. The number of carbonyl (C=O) groups excluding carboxylic acids is 1. The van der Waals surface area contributed by atoms with Gasteiger partial charge in [-0.1, -0.05) is 12.1 Å². The minimum absolute atomic E-state index is 0.0816. The van der Waals surface area contributed by atoms with Crippen LogP contribution in [0.5, 0.6) is 5.75 Å². The fourth-order valence-electron chi connectivity index (χ4n) is 4.06. The summed E-state index contributed by atoms with van der Waals surface area (Å²) >= 11 is 0. The summed E-state index contributed by atoms with van der Waals surface area (Å²) in [7, 11) is 0. The molecule has 2 N–H and O–H groups in total. The van der Waals surface area contributed by atoms with Gasteiger partial charge in [-0.2, -0.15) is 13.2 Å². The molecule has 0 aliphatic heterocycles. The molecule has 2 fully saturated rings. The molecule has 4 nitrogen and oxygen atoms in total. The fourth-order valence-corrected chi connectivity index (χ4v) is 4.06. The summed E-state index contributed by atoms with van der Waals surface area (Å²) in [6.07, 6.45) is -1.96. The molecule has 1 amide bonds. The molecule has 2 aliphatic carbocycles. The summed E-state index contributed by atoms with van der Waals surface area (Å²) in [6, 6.07) is 10.5. The van der Waals surface area contributed by atoms with Crippen molar-refractivity contribution in [3.63, 3.8) is 0 Å². The number of hydrogen-bond acceptors (Lipinski definition) is 2. The minimum atomic E-state index is -4.35. The van der Waals surface area contributed by atoms with Crippen molar-refractivity contribution in [2.45, 2.75) is 43.4 Å². The molecule has 2 aromatic carbocycles. The number of nitrogens with one attached hydrogen (secondary N) is 2. The number of H-pyrrole nitrogens is 1. The van der Waals surface area contributed by atoms with Gasteiger partial charge in [-0.25, -0.2) is 8.78 Å². The number of aromatic nitrogens is 1. The molecule has 1 aromatic heterocycles. The number of halogens is 5. The Balaban J connectivity index is 1.21. The van der Waals surface area contributed by atoms with Crippen LogP contribution in [0.1, 0.15) is 36.3 Å². The first-order chi connectivity index (χ1) is 15.1. The van der Waals surface area contributed by atoms with Crippen molar-refractivity contribution in [1.29, 1.82) is 0 Å². The lowest BCUT2D eigenvalue weighted by atomic mass is 9.77. The van der Waals surface area contributed by atoms with E-state index < -0.39 is 35.9 Å². The zero-order chi connectivity index (χ0) is 22.7. The molecule has 0 bridgehead atoms. The van der Waals surface area contributed by atoms with Crippen LogP contribution in [0.15, 0.2) is 48.7 Å². The third kappa shape index (κ3) is 3.91. The Labute approximate surface area is 179 Å². The highest BCUT2D eigenvalue weighted by atomic mass is 19.4. The lowest BCUT2D eigenvalue weighted by Crippen LogP contribution is -2.32. The number of fused-ring (bicyclic) bond motifs is 1. The Morgan fingerprint density at radius 3 is 2.41 bits per heavy atom. The third-order valence-corrected chi connectivity index (χ3v) is 6.16. The topological polar surface area (TPSA) is 54.1 Å². The summed E-state index contributed by atoms with van der Waals surface area (Å²) < 4.78 is 70.4. The monoisotopic (exact) mass is 450 g/mol. The van der Waals surface area contributed by atoms with Crippen LogP contribution in [0.3, 0.4) is 0 Å². The molecule has 0 saturated heterocycles. The van der Waals surface area contributed by atoms with E-state index in [1.165, 1.54) is 12.1 Å². The van der Waals surface area contributed by atoms with Crippen molar-refractivity contribution in [2.75, 3.05) is 5.32 Å². The van der Waals surface area contributed by atoms with Gasteiger partial charge in [-0.3, -0.25) is 4.79 Å². The van der Waals surface area contributed by atoms with Gasteiger partial charge in [0.1, 0.15) is 11.7 Å². The SMILES string of the molecule is O=C(Nc1c[nH]c2ccc(O[C@H]3C[C@@H](c4ccc(C(F)(F)F)cc4)C3)cc12)C1CC1(F)F. The number of aromatic amines is 1. The van der Waals surface area contributed by atoms with Crippen LogP contribution in [-0.4, -0.2) is 22.9 Å². The van der Waals surface area contributed by atoms with E-state index in [4.69, 9.17) is 4.74 Å². The van der Waals surface area contributed by atoms with E-state index in [0.717, 1.165) is 23.2 Å². The first-order valence-corrected chi connectivity index (χ1v) is 10.2.